The summed E-state index contributed by atoms with van der Waals surface area (Å²) in [4.78, 5) is 0. The van der Waals surface area contributed by atoms with Crippen LogP contribution in [0.3, 0.4) is 0 Å². The van der Waals surface area contributed by atoms with Crippen molar-refractivity contribution in [2.45, 2.75) is 37.3 Å². The van der Waals surface area contributed by atoms with Crippen LogP contribution in [-0.2, 0) is 18.9 Å². The number of aliphatic hydroxyl groups excluding tert-OH is 1. The fourth-order valence-electron chi connectivity index (χ4n) is 2.52. The van der Waals surface area contributed by atoms with Crippen LogP contribution in [0, 0.1) is 0 Å². The molecule has 2 aliphatic rings. The van der Waals surface area contributed by atoms with Crippen LogP contribution in [-0.4, -0.2) is 43.4 Å². The lowest BCUT2D eigenvalue weighted by atomic mass is 10.0. The molecule has 0 spiro atoms. The summed E-state index contributed by atoms with van der Waals surface area (Å²) in [6.45, 7) is 0.441. The van der Waals surface area contributed by atoms with Gasteiger partial charge >= 0.3 is 0 Å². The standard InChI is InChI=1S/C14H18O5/c1-16-14-10(15)7-11-12(19-14)8-17-13(18-11)9-5-3-2-4-6-9/h2-6,10-15H,7-8H2,1H3/t10-,11-,12+,13+,14+/m1/s1. The van der Waals surface area contributed by atoms with Gasteiger partial charge in [-0.2, -0.15) is 0 Å². The van der Waals surface area contributed by atoms with E-state index in [1.165, 1.54) is 7.11 Å². The van der Waals surface area contributed by atoms with E-state index in [-0.39, 0.29) is 12.2 Å². The minimum absolute atomic E-state index is 0.166. The fraction of sp³-hybridized carbons (Fsp3) is 0.571. The Morgan fingerprint density at radius 3 is 2.68 bits per heavy atom. The Morgan fingerprint density at radius 2 is 1.95 bits per heavy atom. The first kappa shape index (κ1) is 13.0. The van der Waals surface area contributed by atoms with Gasteiger partial charge in [-0.1, -0.05) is 30.3 Å². The Balaban J connectivity index is 1.68. The van der Waals surface area contributed by atoms with Gasteiger partial charge in [0.15, 0.2) is 12.6 Å². The van der Waals surface area contributed by atoms with Gasteiger partial charge in [-0.3, -0.25) is 0 Å². The Morgan fingerprint density at radius 1 is 1.16 bits per heavy atom. The predicted molar refractivity (Wildman–Crippen MR) is 66.3 cm³/mol. The molecule has 0 amide bonds. The predicted octanol–water partition coefficient (Wildman–Crippen LogP) is 1.22. The molecule has 2 fully saturated rings. The molecule has 104 valence electrons. The van der Waals surface area contributed by atoms with Gasteiger partial charge in [0.2, 0.25) is 0 Å². The monoisotopic (exact) mass is 266 g/mol. The number of fused-ring (bicyclic) bond motifs is 1. The summed E-state index contributed by atoms with van der Waals surface area (Å²) >= 11 is 0. The summed E-state index contributed by atoms with van der Waals surface area (Å²) in [5.41, 5.74) is 0.976. The highest BCUT2D eigenvalue weighted by Crippen LogP contribution is 2.33. The lowest BCUT2D eigenvalue weighted by molar-refractivity contribution is -0.333. The van der Waals surface area contributed by atoms with Crippen LogP contribution in [0.5, 0.6) is 0 Å². The summed E-state index contributed by atoms with van der Waals surface area (Å²) in [7, 11) is 1.52. The lowest BCUT2D eigenvalue weighted by Gasteiger charge is -2.43. The van der Waals surface area contributed by atoms with Gasteiger partial charge in [0.05, 0.1) is 12.7 Å². The minimum Gasteiger partial charge on any atom is -0.388 e. The molecule has 5 atom stereocenters. The average molecular weight is 266 g/mol. The second-order valence-corrected chi connectivity index (χ2v) is 4.83. The van der Waals surface area contributed by atoms with Gasteiger partial charge in [-0.25, -0.2) is 0 Å². The molecule has 2 saturated heterocycles. The summed E-state index contributed by atoms with van der Waals surface area (Å²) in [6.07, 6.45) is -1.51. The van der Waals surface area contributed by atoms with Crippen molar-refractivity contribution >= 4 is 0 Å². The maximum absolute atomic E-state index is 9.89. The maximum atomic E-state index is 9.89. The van der Waals surface area contributed by atoms with Crippen LogP contribution >= 0.6 is 0 Å². The Hall–Kier alpha value is -0.980. The summed E-state index contributed by atoms with van der Waals surface area (Å²) in [6, 6.07) is 9.76. The summed E-state index contributed by atoms with van der Waals surface area (Å²) < 4.78 is 22.2. The highest BCUT2D eigenvalue weighted by Gasteiger charge is 2.42. The van der Waals surface area contributed by atoms with E-state index in [9.17, 15) is 5.11 Å². The van der Waals surface area contributed by atoms with Crippen LogP contribution in [0.4, 0.5) is 0 Å². The van der Waals surface area contributed by atoms with Gasteiger partial charge in [0.1, 0.15) is 12.2 Å². The van der Waals surface area contributed by atoms with Gasteiger partial charge in [0, 0.05) is 19.1 Å². The van der Waals surface area contributed by atoms with Crippen LogP contribution in [0.15, 0.2) is 30.3 Å². The molecule has 19 heavy (non-hydrogen) atoms. The molecule has 0 unspecified atom stereocenters. The van der Waals surface area contributed by atoms with Gasteiger partial charge < -0.3 is 24.1 Å². The third-order valence-corrected chi connectivity index (χ3v) is 3.53. The van der Waals surface area contributed by atoms with Crippen molar-refractivity contribution in [1.82, 2.24) is 0 Å². The normalized spacial score (nSPS) is 38.7. The molecule has 1 aromatic carbocycles. The molecular weight excluding hydrogens is 248 g/mol. The van der Waals surface area contributed by atoms with E-state index in [1.807, 2.05) is 30.3 Å². The number of hydrogen-bond acceptors (Lipinski definition) is 5. The van der Waals surface area contributed by atoms with Crippen LogP contribution < -0.4 is 0 Å². The molecule has 1 N–H and O–H groups in total. The molecule has 5 heteroatoms. The molecule has 2 heterocycles. The van der Waals surface area contributed by atoms with Crippen molar-refractivity contribution in [1.29, 1.82) is 0 Å². The number of methoxy groups -OCH3 is 1. The van der Waals surface area contributed by atoms with Crippen molar-refractivity contribution < 1.29 is 24.1 Å². The van der Waals surface area contributed by atoms with E-state index in [2.05, 4.69) is 0 Å². The van der Waals surface area contributed by atoms with E-state index in [4.69, 9.17) is 18.9 Å². The maximum Gasteiger partial charge on any atom is 0.184 e. The molecule has 5 nitrogen and oxygen atoms in total. The topological polar surface area (TPSA) is 57.2 Å². The van der Waals surface area contributed by atoms with Gasteiger partial charge in [0.25, 0.3) is 0 Å². The first-order valence-electron chi connectivity index (χ1n) is 6.46. The van der Waals surface area contributed by atoms with Crippen molar-refractivity contribution in [2.75, 3.05) is 13.7 Å². The largest absolute Gasteiger partial charge is 0.388 e. The number of aliphatic hydroxyl groups is 1. The molecule has 0 bridgehead atoms. The molecule has 1 aromatic rings. The first-order chi connectivity index (χ1) is 9.28. The van der Waals surface area contributed by atoms with E-state index in [1.54, 1.807) is 0 Å². The Bertz CT molecular complexity index is 410. The zero-order chi connectivity index (χ0) is 13.2. The van der Waals surface area contributed by atoms with Crippen molar-refractivity contribution in [3.8, 4) is 0 Å². The fourth-order valence-corrected chi connectivity index (χ4v) is 2.52. The molecule has 0 saturated carbocycles. The summed E-state index contributed by atoms with van der Waals surface area (Å²) in [5, 5.41) is 9.89. The molecule has 0 radical (unpaired) electrons. The number of benzene rings is 1. The van der Waals surface area contributed by atoms with Crippen molar-refractivity contribution in [2.24, 2.45) is 0 Å². The SMILES string of the molecule is CO[C@H]1O[C@H]2CO[C@H](c3ccccc3)O[C@@H]2C[C@H]1O. The smallest absolute Gasteiger partial charge is 0.184 e. The van der Waals surface area contributed by atoms with Crippen molar-refractivity contribution in [3.63, 3.8) is 0 Å². The zero-order valence-electron chi connectivity index (χ0n) is 10.8. The van der Waals surface area contributed by atoms with Gasteiger partial charge in [-0.05, 0) is 0 Å². The van der Waals surface area contributed by atoms with E-state index >= 15 is 0 Å². The van der Waals surface area contributed by atoms with Gasteiger partial charge in [-0.15, -0.1) is 0 Å². The zero-order valence-corrected chi connectivity index (χ0v) is 10.8. The summed E-state index contributed by atoms with van der Waals surface area (Å²) in [5.74, 6) is 0. The van der Waals surface area contributed by atoms with E-state index in [0.717, 1.165) is 5.56 Å². The first-order valence-corrected chi connectivity index (χ1v) is 6.46. The third kappa shape index (κ3) is 2.66. The molecular formula is C14H18O5. The molecule has 0 aliphatic carbocycles. The highest BCUT2D eigenvalue weighted by atomic mass is 16.7. The van der Waals surface area contributed by atoms with E-state index < -0.39 is 18.7 Å². The minimum atomic E-state index is -0.666. The molecule has 2 aliphatic heterocycles. The third-order valence-electron chi connectivity index (χ3n) is 3.53. The number of hydrogen-bond donors (Lipinski definition) is 1. The second-order valence-electron chi connectivity index (χ2n) is 4.83. The quantitative estimate of drug-likeness (QED) is 0.872. The van der Waals surface area contributed by atoms with Crippen molar-refractivity contribution in [3.05, 3.63) is 35.9 Å². The number of rotatable bonds is 2. The number of ether oxygens (including phenoxy) is 4. The highest BCUT2D eigenvalue weighted by molar-refractivity contribution is 5.16. The molecule has 0 aromatic heterocycles. The molecule has 3 rings (SSSR count). The average Bonchev–Trinajstić information content (AvgIpc) is 2.47. The van der Waals surface area contributed by atoms with Crippen LogP contribution in [0.2, 0.25) is 0 Å². The second kappa shape index (κ2) is 5.56. The van der Waals surface area contributed by atoms with Crippen LogP contribution in [0.1, 0.15) is 18.3 Å². The lowest BCUT2D eigenvalue weighted by Crippen LogP contribution is -2.53. The Labute approximate surface area is 112 Å². The van der Waals surface area contributed by atoms with Crippen LogP contribution in [0.25, 0.3) is 0 Å². The Kier molecular flexibility index (Phi) is 3.81. The van der Waals surface area contributed by atoms with E-state index in [0.29, 0.717) is 13.0 Å².